The maximum Gasteiger partial charge on any atom is 0.276 e. The molecule has 132 valence electrons. The van der Waals surface area contributed by atoms with Gasteiger partial charge in [0.2, 0.25) is 5.95 Å². The highest BCUT2D eigenvalue weighted by Gasteiger charge is 2.39. The summed E-state index contributed by atoms with van der Waals surface area (Å²) in [5, 5.41) is 14.8. The van der Waals surface area contributed by atoms with E-state index in [4.69, 9.17) is 4.52 Å². The Bertz CT molecular complexity index is 797. The molecule has 0 aromatic carbocycles. The van der Waals surface area contributed by atoms with Gasteiger partial charge in [-0.15, -0.1) is 0 Å². The Morgan fingerprint density at radius 1 is 1.28 bits per heavy atom. The zero-order chi connectivity index (χ0) is 17.4. The van der Waals surface area contributed by atoms with E-state index < -0.39 is 11.5 Å². The second kappa shape index (κ2) is 6.22. The molecule has 0 unspecified atom stereocenters. The quantitative estimate of drug-likeness (QED) is 0.844. The third-order valence-electron chi connectivity index (χ3n) is 5.29. The number of piperidine rings is 1. The third kappa shape index (κ3) is 2.82. The minimum Gasteiger partial charge on any atom is -0.385 e. The van der Waals surface area contributed by atoms with Gasteiger partial charge in [0.25, 0.3) is 5.91 Å². The highest BCUT2D eigenvalue weighted by Crippen LogP contribution is 2.34. The minimum absolute atomic E-state index is 0.166. The maximum atomic E-state index is 13.9. The van der Waals surface area contributed by atoms with Gasteiger partial charge in [-0.3, -0.25) is 4.79 Å². The van der Waals surface area contributed by atoms with Crippen molar-refractivity contribution < 1.29 is 18.8 Å². The van der Waals surface area contributed by atoms with Gasteiger partial charge in [-0.1, -0.05) is 11.2 Å². The van der Waals surface area contributed by atoms with Crippen molar-refractivity contribution in [3.63, 3.8) is 0 Å². The molecule has 0 radical (unpaired) electrons. The average molecular weight is 345 g/mol. The first-order chi connectivity index (χ1) is 12.1. The number of aryl methyl sites for hydroxylation is 1. The first-order valence-electron chi connectivity index (χ1n) is 8.68. The Labute approximate surface area is 144 Å². The van der Waals surface area contributed by atoms with E-state index in [1.165, 1.54) is 6.20 Å². The van der Waals surface area contributed by atoms with Crippen molar-refractivity contribution in [3.8, 4) is 0 Å². The van der Waals surface area contributed by atoms with Crippen molar-refractivity contribution in [2.45, 2.75) is 44.1 Å². The fraction of sp³-hybridized carbons (Fsp3) is 0.500. The number of likely N-dealkylation sites (tertiary alicyclic amines) is 1. The van der Waals surface area contributed by atoms with Crippen LogP contribution in [0.4, 0.5) is 4.39 Å². The lowest BCUT2D eigenvalue weighted by atomic mass is 9.85. The number of fused-ring (bicyclic) bond motifs is 1. The van der Waals surface area contributed by atoms with Gasteiger partial charge in [0.1, 0.15) is 5.76 Å². The van der Waals surface area contributed by atoms with Gasteiger partial charge in [-0.05, 0) is 38.2 Å². The van der Waals surface area contributed by atoms with Crippen LogP contribution in [0.25, 0.3) is 0 Å². The van der Waals surface area contributed by atoms with E-state index in [1.54, 1.807) is 17.0 Å². The molecular formula is C18H20FN3O3. The maximum absolute atomic E-state index is 13.9. The van der Waals surface area contributed by atoms with Gasteiger partial charge in [0.15, 0.2) is 5.69 Å². The van der Waals surface area contributed by atoms with Crippen molar-refractivity contribution in [2.75, 3.05) is 13.1 Å². The second-order valence-electron chi connectivity index (χ2n) is 6.81. The number of aliphatic hydroxyl groups is 1. The fourth-order valence-electron chi connectivity index (χ4n) is 3.78. The third-order valence-corrected chi connectivity index (χ3v) is 5.29. The van der Waals surface area contributed by atoms with Gasteiger partial charge in [0.05, 0.1) is 5.60 Å². The number of pyridine rings is 1. The Morgan fingerprint density at radius 3 is 2.80 bits per heavy atom. The molecule has 1 N–H and O–H groups in total. The molecule has 1 aliphatic carbocycles. The standard InChI is InChI=1S/C18H20FN3O3/c19-16-13(5-3-9-20-16)18(24)7-10-22(11-8-18)17(23)15-12-4-1-2-6-14(12)25-21-15/h3,5,9,24H,1-2,4,6-8,10-11H2. The van der Waals surface area contributed by atoms with Crippen molar-refractivity contribution in [1.29, 1.82) is 0 Å². The van der Waals surface area contributed by atoms with Gasteiger partial charge in [0, 0.05) is 36.8 Å². The van der Waals surface area contributed by atoms with Crippen molar-refractivity contribution >= 4 is 5.91 Å². The Kier molecular flexibility index (Phi) is 4.03. The number of carbonyl (C=O) groups excluding carboxylic acids is 1. The van der Waals surface area contributed by atoms with Crippen molar-refractivity contribution in [1.82, 2.24) is 15.0 Å². The van der Waals surface area contributed by atoms with Crippen LogP contribution in [-0.4, -0.2) is 39.1 Å². The predicted octanol–water partition coefficient (Wildman–Crippen LogP) is 2.21. The van der Waals surface area contributed by atoms with E-state index in [2.05, 4.69) is 10.1 Å². The summed E-state index contributed by atoms with van der Waals surface area (Å²) in [7, 11) is 0. The minimum atomic E-state index is -1.29. The van der Waals surface area contributed by atoms with E-state index in [0.29, 0.717) is 18.8 Å². The topological polar surface area (TPSA) is 79.5 Å². The smallest absolute Gasteiger partial charge is 0.276 e. The summed E-state index contributed by atoms with van der Waals surface area (Å²) >= 11 is 0. The van der Waals surface area contributed by atoms with Crippen LogP contribution in [0.2, 0.25) is 0 Å². The van der Waals surface area contributed by atoms with Crippen LogP contribution < -0.4 is 0 Å². The molecule has 4 rings (SSSR count). The van der Waals surface area contributed by atoms with Crippen molar-refractivity contribution in [2.24, 2.45) is 0 Å². The molecule has 0 saturated carbocycles. The first-order valence-corrected chi connectivity index (χ1v) is 8.68. The summed E-state index contributed by atoms with van der Waals surface area (Å²) in [4.78, 5) is 18.1. The fourth-order valence-corrected chi connectivity index (χ4v) is 3.78. The van der Waals surface area contributed by atoms with Crippen LogP contribution >= 0.6 is 0 Å². The highest BCUT2D eigenvalue weighted by atomic mass is 19.1. The number of hydrogen-bond donors (Lipinski definition) is 1. The molecule has 2 aromatic rings. The molecule has 0 bridgehead atoms. The molecule has 3 heterocycles. The largest absolute Gasteiger partial charge is 0.385 e. The number of nitrogens with zero attached hydrogens (tertiary/aromatic N) is 3. The number of rotatable bonds is 2. The molecule has 1 saturated heterocycles. The normalized spacial score (nSPS) is 19.5. The molecule has 0 spiro atoms. The lowest BCUT2D eigenvalue weighted by Gasteiger charge is -2.38. The first kappa shape index (κ1) is 16.2. The van der Waals surface area contributed by atoms with Crippen LogP contribution in [0, 0.1) is 5.95 Å². The summed E-state index contributed by atoms with van der Waals surface area (Å²) < 4.78 is 19.2. The Morgan fingerprint density at radius 2 is 2.04 bits per heavy atom. The molecule has 6 nitrogen and oxygen atoms in total. The second-order valence-corrected chi connectivity index (χ2v) is 6.81. The molecule has 1 fully saturated rings. The van der Waals surface area contributed by atoms with Crippen LogP contribution in [0.5, 0.6) is 0 Å². The van der Waals surface area contributed by atoms with Gasteiger partial charge >= 0.3 is 0 Å². The van der Waals surface area contributed by atoms with E-state index in [0.717, 1.165) is 37.0 Å². The number of carbonyl (C=O) groups is 1. The van der Waals surface area contributed by atoms with Crippen LogP contribution in [-0.2, 0) is 18.4 Å². The van der Waals surface area contributed by atoms with E-state index in [1.807, 2.05) is 0 Å². The predicted molar refractivity (Wildman–Crippen MR) is 86.4 cm³/mol. The monoisotopic (exact) mass is 345 g/mol. The van der Waals surface area contributed by atoms with E-state index >= 15 is 0 Å². The molecule has 1 aliphatic heterocycles. The average Bonchev–Trinajstić information content (AvgIpc) is 3.06. The number of aromatic nitrogens is 2. The molecule has 1 amide bonds. The molecule has 2 aromatic heterocycles. The van der Waals surface area contributed by atoms with Gasteiger partial charge in [-0.25, -0.2) is 4.98 Å². The SMILES string of the molecule is O=C(c1noc2c1CCCC2)N1CCC(O)(c2cccnc2F)CC1. The summed E-state index contributed by atoms with van der Waals surface area (Å²) in [5.41, 5.74) is 0.224. The summed E-state index contributed by atoms with van der Waals surface area (Å²) in [6.45, 7) is 0.677. The van der Waals surface area contributed by atoms with E-state index in [9.17, 15) is 14.3 Å². The molecular weight excluding hydrogens is 325 g/mol. The van der Waals surface area contributed by atoms with Crippen LogP contribution in [0.1, 0.15) is 53.1 Å². The van der Waals surface area contributed by atoms with Crippen LogP contribution in [0.3, 0.4) is 0 Å². The van der Waals surface area contributed by atoms with Gasteiger partial charge < -0.3 is 14.5 Å². The summed E-state index contributed by atoms with van der Waals surface area (Å²) in [6, 6.07) is 3.16. The zero-order valence-electron chi connectivity index (χ0n) is 13.9. The highest BCUT2D eigenvalue weighted by molar-refractivity contribution is 5.94. The summed E-state index contributed by atoms with van der Waals surface area (Å²) in [5.74, 6) is -0.00324. The molecule has 7 heteroatoms. The Balaban J connectivity index is 1.49. The number of halogens is 1. The van der Waals surface area contributed by atoms with E-state index in [-0.39, 0.29) is 24.3 Å². The number of amides is 1. The van der Waals surface area contributed by atoms with Crippen molar-refractivity contribution in [3.05, 3.63) is 46.9 Å². The molecule has 0 atom stereocenters. The zero-order valence-corrected chi connectivity index (χ0v) is 13.9. The lowest BCUT2D eigenvalue weighted by Crippen LogP contribution is -2.46. The Hall–Kier alpha value is -2.28. The van der Waals surface area contributed by atoms with Crippen LogP contribution in [0.15, 0.2) is 22.9 Å². The van der Waals surface area contributed by atoms with Gasteiger partial charge in [-0.2, -0.15) is 4.39 Å². The summed E-state index contributed by atoms with van der Waals surface area (Å²) in [6.07, 6.45) is 5.63. The molecule has 2 aliphatic rings. The lowest BCUT2D eigenvalue weighted by molar-refractivity contribution is -0.0243. The molecule has 25 heavy (non-hydrogen) atoms. The number of hydrogen-bond acceptors (Lipinski definition) is 5.